The largest absolute Gasteiger partial charge is 0.483 e. The smallest absolute Gasteiger partial charge is 0.336 e. The second kappa shape index (κ2) is 11.4. The summed E-state index contributed by atoms with van der Waals surface area (Å²) in [7, 11) is 0. The van der Waals surface area contributed by atoms with Gasteiger partial charge in [-0.1, -0.05) is 6.07 Å². The maximum Gasteiger partial charge on any atom is 0.336 e. The molecule has 1 aliphatic heterocycles. The van der Waals surface area contributed by atoms with Gasteiger partial charge >= 0.3 is 5.97 Å². The highest BCUT2D eigenvalue weighted by Crippen LogP contribution is 2.35. The molecular formula is C22H21ClF2N6O6. The minimum absolute atomic E-state index is 0.0403. The number of nitrogens with zero attached hydrogens (tertiary/aromatic N) is 5. The van der Waals surface area contributed by atoms with Crippen molar-refractivity contribution in [2.45, 2.75) is 43.9 Å². The van der Waals surface area contributed by atoms with Gasteiger partial charge in [-0.2, -0.15) is 15.2 Å². The first-order valence-electron chi connectivity index (χ1n) is 10.6. The number of carbonyl (C=O) groups is 2. The maximum atomic E-state index is 14.9. The molecule has 0 radical (unpaired) electrons. The molecule has 1 aromatic carbocycles. The highest BCUT2D eigenvalue weighted by atomic mass is 35.5. The van der Waals surface area contributed by atoms with E-state index in [9.17, 15) is 18.7 Å². The number of imidazole rings is 1. The minimum atomic E-state index is -1.75. The number of nitrogens with two attached hydrogens (primary N) is 1. The third-order valence-corrected chi connectivity index (χ3v) is 5.73. The van der Waals surface area contributed by atoms with Gasteiger partial charge in [0.25, 0.3) is 6.47 Å². The number of fused-ring (bicyclic) bond motifs is 1. The third kappa shape index (κ3) is 6.08. The van der Waals surface area contributed by atoms with Crippen molar-refractivity contribution in [1.82, 2.24) is 19.5 Å². The number of hydrogen-bond acceptors (Lipinski definition) is 9. The van der Waals surface area contributed by atoms with E-state index < -0.39 is 35.9 Å². The number of alkyl halides is 1. The number of carboxylic acid groups (broad SMARTS) is 2. The molecule has 4 N–H and O–H groups in total. The molecule has 15 heteroatoms. The number of anilines is 1. The summed E-state index contributed by atoms with van der Waals surface area (Å²) >= 11 is 5.85. The van der Waals surface area contributed by atoms with Crippen LogP contribution in [0.4, 0.5) is 14.6 Å². The summed E-state index contributed by atoms with van der Waals surface area (Å²) in [4.78, 5) is 32.2. The minimum Gasteiger partial charge on any atom is -0.483 e. The van der Waals surface area contributed by atoms with E-state index >= 15 is 0 Å². The van der Waals surface area contributed by atoms with Crippen molar-refractivity contribution in [2.75, 3.05) is 12.3 Å². The van der Waals surface area contributed by atoms with Crippen LogP contribution in [0.1, 0.15) is 30.7 Å². The van der Waals surface area contributed by atoms with Gasteiger partial charge in [0.05, 0.1) is 24.6 Å². The van der Waals surface area contributed by atoms with Gasteiger partial charge in [-0.15, -0.1) is 0 Å². The van der Waals surface area contributed by atoms with Crippen LogP contribution in [-0.4, -0.2) is 66.7 Å². The standard InChI is InChI=1S/C21H19ClF2N6O4.CH2O2/c1-21(19(31)32,6-10-2-3-11(7-25)13(23)4-10)33-8-12-5-14(24)18(34-12)30-9-27-15-16(26)28-20(22)29-17(15)30;2-1-3/h2-4,9,12,14,18H,5-6,8H2,1H3,(H,31,32)(H2,26,28,29);1H,(H,2,3). The third-order valence-electron chi connectivity index (χ3n) is 5.56. The molecule has 196 valence electrons. The Morgan fingerprint density at radius 1 is 1.49 bits per heavy atom. The van der Waals surface area contributed by atoms with Gasteiger partial charge in [0.2, 0.25) is 5.28 Å². The Bertz CT molecular complexity index is 1350. The molecule has 1 fully saturated rings. The molecular weight excluding hydrogens is 518 g/mol. The van der Waals surface area contributed by atoms with Crippen LogP contribution >= 0.6 is 11.6 Å². The summed E-state index contributed by atoms with van der Waals surface area (Å²) in [5.74, 6) is -2.00. The Morgan fingerprint density at radius 3 is 2.81 bits per heavy atom. The number of nitriles is 1. The lowest BCUT2D eigenvalue weighted by atomic mass is 9.95. The highest BCUT2D eigenvalue weighted by molar-refractivity contribution is 6.28. The van der Waals surface area contributed by atoms with Crippen molar-refractivity contribution in [3.05, 3.63) is 46.8 Å². The zero-order chi connectivity index (χ0) is 27.3. The highest BCUT2D eigenvalue weighted by Gasteiger charge is 2.41. The molecule has 0 aliphatic carbocycles. The first-order chi connectivity index (χ1) is 17.5. The fraction of sp³-hybridized carbons (Fsp3) is 0.364. The molecule has 4 unspecified atom stereocenters. The molecule has 0 bridgehead atoms. The number of rotatable bonds is 7. The van der Waals surface area contributed by atoms with Gasteiger partial charge in [0, 0.05) is 12.8 Å². The van der Waals surface area contributed by atoms with Crippen molar-refractivity contribution < 1.29 is 38.1 Å². The molecule has 0 amide bonds. The molecule has 1 saturated heterocycles. The Labute approximate surface area is 213 Å². The lowest BCUT2D eigenvalue weighted by Crippen LogP contribution is -2.42. The SMILES string of the molecule is CC(Cc1ccc(C#N)c(F)c1)(OCC1CC(F)C(n2cnc3c(N)nc(Cl)nc32)O1)C(=O)O.O=CO. The van der Waals surface area contributed by atoms with E-state index in [-0.39, 0.29) is 53.7 Å². The van der Waals surface area contributed by atoms with Crippen molar-refractivity contribution in [3.8, 4) is 6.07 Å². The van der Waals surface area contributed by atoms with E-state index in [1.54, 1.807) is 6.07 Å². The quantitative estimate of drug-likeness (QED) is 0.296. The number of benzene rings is 1. The summed E-state index contributed by atoms with van der Waals surface area (Å²) in [6, 6.07) is 5.51. The second-order valence-electron chi connectivity index (χ2n) is 8.16. The van der Waals surface area contributed by atoms with Gasteiger partial charge in [-0.25, -0.2) is 18.6 Å². The Kier molecular flexibility index (Phi) is 8.53. The number of hydrogen-bond donors (Lipinski definition) is 3. The van der Waals surface area contributed by atoms with Crippen LogP contribution in [0.2, 0.25) is 5.28 Å². The zero-order valence-electron chi connectivity index (χ0n) is 19.2. The first-order valence-corrected chi connectivity index (χ1v) is 11.0. The van der Waals surface area contributed by atoms with E-state index in [1.807, 2.05) is 0 Å². The van der Waals surface area contributed by atoms with Crippen LogP contribution in [0, 0.1) is 17.1 Å². The number of nitrogen functional groups attached to an aromatic ring is 1. The predicted octanol–water partition coefficient (Wildman–Crippen LogP) is 2.50. The van der Waals surface area contributed by atoms with Crippen LogP contribution in [0.15, 0.2) is 24.5 Å². The fourth-order valence-corrected chi connectivity index (χ4v) is 3.93. The molecule has 3 aromatic rings. The number of carboxylic acids is 1. The molecule has 12 nitrogen and oxygen atoms in total. The molecule has 1 aliphatic rings. The van der Waals surface area contributed by atoms with E-state index in [0.29, 0.717) is 5.56 Å². The Balaban J connectivity index is 0.00000121. The van der Waals surface area contributed by atoms with Crippen molar-refractivity contribution >= 4 is 41.0 Å². The number of aliphatic carboxylic acids is 1. The van der Waals surface area contributed by atoms with E-state index in [4.69, 9.17) is 42.0 Å². The summed E-state index contributed by atoms with van der Waals surface area (Å²) in [5, 5.41) is 25.3. The number of ether oxygens (including phenoxy) is 2. The number of aromatic nitrogens is 4. The van der Waals surface area contributed by atoms with Crippen LogP contribution in [0.25, 0.3) is 11.2 Å². The molecule has 3 heterocycles. The monoisotopic (exact) mass is 538 g/mol. The van der Waals surface area contributed by atoms with Crippen LogP contribution in [0.5, 0.6) is 0 Å². The van der Waals surface area contributed by atoms with Gasteiger partial charge in [0.15, 0.2) is 23.3 Å². The average molecular weight is 539 g/mol. The first kappa shape index (κ1) is 27.7. The van der Waals surface area contributed by atoms with Crippen LogP contribution in [0.3, 0.4) is 0 Å². The second-order valence-corrected chi connectivity index (χ2v) is 8.50. The molecule has 0 spiro atoms. The van der Waals surface area contributed by atoms with E-state index in [0.717, 1.165) is 6.07 Å². The Hall–Kier alpha value is -3.93. The topological polar surface area (TPSA) is 186 Å². The van der Waals surface area contributed by atoms with Gasteiger partial charge in [-0.05, 0) is 36.2 Å². The number of halogens is 3. The van der Waals surface area contributed by atoms with Gasteiger partial charge in [-0.3, -0.25) is 9.36 Å². The molecule has 4 rings (SSSR count). The van der Waals surface area contributed by atoms with Crippen molar-refractivity contribution in [3.63, 3.8) is 0 Å². The molecule has 2 aromatic heterocycles. The summed E-state index contributed by atoms with van der Waals surface area (Å²) in [6.45, 7) is 0.846. The summed E-state index contributed by atoms with van der Waals surface area (Å²) in [6.07, 6.45) is -2.28. The lowest BCUT2D eigenvalue weighted by Gasteiger charge is -2.27. The lowest BCUT2D eigenvalue weighted by molar-refractivity contribution is -0.169. The molecule has 37 heavy (non-hydrogen) atoms. The van der Waals surface area contributed by atoms with Gasteiger partial charge < -0.3 is 25.4 Å². The average Bonchev–Trinajstić information content (AvgIpc) is 3.41. The predicted molar refractivity (Wildman–Crippen MR) is 124 cm³/mol. The zero-order valence-corrected chi connectivity index (χ0v) is 20.0. The van der Waals surface area contributed by atoms with E-state index in [1.165, 1.54) is 30.0 Å². The Morgan fingerprint density at radius 2 is 2.19 bits per heavy atom. The molecule has 4 atom stereocenters. The molecule has 0 saturated carbocycles. The van der Waals surface area contributed by atoms with Crippen molar-refractivity contribution in [1.29, 1.82) is 5.26 Å². The van der Waals surface area contributed by atoms with Crippen LogP contribution < -0.4 is 5.73 Å². The van der Waals surface area contributed by atoms with Crippen molar-refractivity contribution in [2.24, 2.45) is 0 Å². The summed E-state index contributed by atoms with van der Waals surface area (Å²) in [5.41, 5.74) is 4.66. The maximum absolute atomic E-state index is 14.9. The fourth-order valence-electron chi connectivity index (χ4n) is 3.76. The normalized spacial score (nSPS) is 20.5. The summed E-state index contributed by atoms with van der Waals surface area (Å²) < 4.78 is 41.5. The van der Waals surface area contributed by atoms with Crippen LogP contribution in [-0.2, 0) is 25.5 Å². The van der Waals surface area contributed by atoms with Gasteiger partial charge in [0.1, 0.15) is 23.6 Å². The van der Waals surface area contributed by atoms with E-state index in [2.05, 4.69) is 15.0 Å².